The first kappa shape index (κ1) is 17.0. The molecule has 1 aliphatic heterocycles. The lowest BCUT2D eigenvalue weighted by Crippen LogP contribution is -2.36. The fourth-order valence-electron chi connectivity index (χ4n) is 2.50. The Labute approximate surface area is 127 Å². The zero-order valence-corrected chi connectivity index (χ0v) is 12.8. The van der Waals surface area contributed by atoms with Crippen molar-refractivity contribution in [1.29, 1.82) is 0 Å². The van der Waals surface area contributed by atoms with E-state index in [1.54, 1.807) is 7.05 Å². The average Bonchev–Trinajstić information content (AvgIpc) is 2.44. The van der Waals surface area contributed by atoms with Crippen molar-refractivity contribution in [3.63, 3.8) is 0 Å². The standard InChI is InChI=1S/C15H23N3O.ClH/c1-16-11-15(19)17-8-4-9-18-10-7-13-5-2-3-6-14(13)12-18;/h2-3,5-6,16H,4,7-12H2,1H3,(H,17,19);1H. The molecule has 112 valence electrons. The van der Waals surface area contributed by atoms with Gasteiger partial charge in [0.25, 0.3) is 0 Å². The minimum atomic E-state index is 0. The fourth-order valence-corrected chi connectivity index (χ4v) is 2.50. The van der Waals surface area contributed by atoms with Crippen LogP contribution in [0.5, 0.6) is 0 Å². The maximum Gasteiger partial charge on any atom is 0.233 e. The summed E-state index contributed by atoms with van der Waals surface area (Å²) < 4.78 is 0. The van der Waals surface area contributed by atoms with E-state index in [0.29, 0.717) is 6.54 Å². The molecule has 0 atom stereocenters. The molecule has 0 aliphatic carbocycles. The van der Waals surface area contributed by atoms with Gasteiger partial charge in [0.05, 0.1) is 6.54 Å². The molecule has 4 nitrogen and oxygen atoms in total. The Hall–Kier alpha value is -1.10. The Kier molecular flexibility index (Phi) is 7.59. The largest absolute Gasteiger partial charge is 0.355 e. The number of benzene rings is 1. The molecule has 1 aromatic carbocycles. The zero-order chi connectivity index (χ0) is 13.5. The predicted octanol–water partition coefficient (Wildman–Crippen LogP) is 1.19. The minimum absolute atomic E-state index is 0. The summed E-state index contributed by atoms with van der Waals surface area (Å²) >= 11 is 0. The van der Waals surface area contributed by atoms with Crippen molar-refractivity contribution in [2.24, 2.45) is 0 Å². The number of hydrogen-bond donors (Lipinski definition) is 2. The maximum absolute atomic E-state index is 11.3. The Balaban J connectivity index is 0.00000200. The van der Waals surface area contributed by atoms with E-state index in [4.69, 9.17) is 0 Å². The number of hydrogen-bond acceptors (Lipinski definition) is 3. The van der Waals surface area contributed by atoms with Crippen LogP contribution in [0.3, 0.4) is 0 Å². The molecule has 0 fully saturated rings. The Morgan fingerprint density at radius 1 is 1.30 bits per heavy atom. The van der Waals surface area contributed by atoms with Crippen molar-refractivity contribution in [3.05, 3.63) is 35.4 Å². The second-order valence-corrected chi connectivity index (χ2v) is 5.03. The number of carbonyl (C=O) groups is 1. The highest BCUT2D eigenvalue weighted by Crippen LogP contribution is 2.18. The number of nitrogens with zero attached hydrogens (tertiary/aromatic N) is 1. The molecule has 1 aromatic rings. The van der Waals surface area contributed by atoms with Gasteiger partial charge in [-0.05, 0) is 31.0 Å². The lowest BCUT2D eigenvalue weighted by molar-refractivity contribution is -0.120. The van der Waals surface area contributed by atoms with Gasteiger partial charge in [-0.15, -0.1) is 12.4 Å². The Morgan fingerprint density at radius 2 is 2.05 bits per heavy atom. The summed E-state index contributed by atoms with van der Waals surface area (Å²) in [7, 11) is 1.78. The molecule has 0 spiro atoms. The molecule has 2 N–H and O–H groups in total. The van der Waals surface area contributed by atoms with E-state index in [9.17, 15) is 4.79 Å². The molecule has 0 radical (unpaired) electrons. The van der Waals surface area contributed by atoms with E-state index < -0.39 is 0 Å². The van der Waals surface area contributed by atoms with Gasteiger partial charge < -0.3 is 10.6 Å². The van der Waals surface area contributed by atoms with E-state index in [1.807, 2.05) is 0 Å². The van der Waals surface area contributed by atoms with Gasteiger partial charge in [-0.3, -0.25) is 9.69 Å². The molecular formula is C15H24ClN3O. The van der Waals surface area contributed by atoms with Gasteiger partial charge in [-0.2, -0.15) is 0 Å². The van der Waals surface area contributed by atoms with Gasteiger partial charge in [0.2, 0.25) is 5.91 Å². The molecule has 2 rings (SSSR count). The van der Waals surface area contributed by atoms with E-state index in [1.165, 1.54) is 11.1 Å². The van der Waals surface area contributed by atoms with Crippen LogP contribution in [0, 0.1) is 0 Å². The molecule has 1 heterocycles. The smallest absolute Gasteiger partial charge is 0.233 e. The molecule has 0 unspecified atom stereocenters. The summed E-state index contributed by atoms with van der Waals surface area (Å²) in [6.45, 7) is 4.38. The number of halogens is 1. The first-order chi connectivity index (χ1) is 9.29. The van der Waals surface area contributed by atoms with Gasteiger partial charge >= 0.3 is 0 Å². The van der Waals surface area contributed by atoms with Crippen molar-refractivity contribution in [2.45, 2.75) is 19.4 Å². The number of amides is 1. The molecule has 1 aliphatic rings. The van der Waals surface area contributed by atoms with Crippen LogP contribution in [-0.2, 0) is 17.8 Å². The van der Waals surface area contributed by atoms with Crippen molar-refractivity contribution < 1.29 is 4.79 Å². The van der Waals surface area contributed by atoms with Crippen LogP contribution in [0.2, 0.25) is 0 Å². The number of fused-ring (bicyclic) bond motifs is 1. The van der Waals surface area contributed by atoms with Crippen LogP contribution in [0.25, 0.3) is 0 Å². The van der Waals surface area contributed by atoms with E-state index in [-0.39, 0.29) is 18.3 Å². The van der Waals surface area contributed by atoms with Gasteiger partial charge in [0.1, 0.15) is 0 Å². The third-order valence-corrected chi connectivity index (χ3v) is 3.52. The molecule has 0 aromatic heterocycles. The van der Waals surface area contributed by atoms with Crippen LogP contribution in [0.1, 0.15) is 17.5 Å². The number of likely N-dealkylation sites (N-methyl/N-ethyl adjacent to an activating group) is 1. The molecule has 0 saturated heterocycles. The monoisotopic (exact) mass is 297 g/mol. The number of carbonyl (C=O) groups excluding carboxylic acids is 1. The van der Waals surface area contributed by atoms with E-state index in [0.717, 1.165) is 39.0 Å². The van der Waals surface area contributed by atoms with Crippen molar-refractivity contribution in [2.75, 3.05) is 33.2 Å². The lowest BCUT2D eigenvalue weighted by Gasteiger charge is -2.28. The normalized spacial score (nSPS) is 14.2. The van der Waals surface area contributed by atoms with Gasteiger partial charge in [-0.1, -0.05) is 24.3 Å². The molecule has 1 amide bonds. The number of nitrogens with one attached hydrogen (secondary N) is 2. The molecule has 0 saturated carbocycles. The zero-order valence-electron chi connectivity index (χ0n) is 12.0. The Bertz CT molecular complexity index is 425. The fraction of sp³-hybridized carbons (Fsp3) is 0.533. The molecular weight excluding hydrogens is 274 g/mol. The SMILES string of the molecule is CNCC(=O)NCCCN1CCc2ccccc2C1.Cl. The van der Waals surface area contributed by atoms with Gasteiger partial charge in [-0.25, -0.2) is 0 Å². The van der Waals surface area contributed by atoms with Crippen LogP contribution < -0.4 is 10.6 Å². The maximum atomic E-state index is 11.3. The second kappa shape index (κ2) is 8.95. The predicted molar refractivity (Wildman–Crippen MR) is 84.2 cm³/mol. The van der Waals surface area contributed by atoms with Crippen LogP contribution >= 0.6 is 12.4 Å². The summed E-state index contributed by atoms with van der Waals surface area (Å²) in [5.41, 5.74) is 2.94. The summed E-state index contributed by atoms with van der Waals surface area (Å²) in [4.78, 5) is 13.7. The van der Waals surface area contributed by atoms with Crippen molar-refractivity contribution in [1.82, 2.24) is 15.5 Å². The topological polar surface area (TPSA) is 44.4 Å². The first-order valence-electron chi connectivity index (χ1n) is 7.00. The summed E-state index contributed by atoms with van der Waals surface area (Å²) in [5, 5.41) is 5.76. The third-order valence-electron chi connectivity index (χ3n) is 3.52. The molecule has 20 heavy (non-hydrogen) atoms. The highest BCUT2D eigenvalue weighted by atomic mass is 35.5. The summed E-state index contributed by atoms with van der Waals surface area (Å²) in [5.74, 6) is 0.0755. The van der Waals surface area contributed by atoms with Crippen LogP contribution in [0.15, 0.2) is 24.3 Å². The second-order valence-electron chi connectivity index (χ2n) is 5.03. The van der Waals surface area contributed by atoms with Gasteiger partial charge in [0.15, 0.2) is 0 Å². The average molecular weight is 298 g/mol. The van der Waals surface area contributed by atoms with Crippen LogP contribution in [0.4, 0.5) is 0 Å². The number of rotatable bonds is 6. The van der Waals surface area contributed by atoms with Crippen LogP contribution in [-0.4, -0.2) is 44.0 Å². The van der Waals surface area contributed by atoms with Crippen molar-refractivity contribution >= 4 is 18.3 Å². The van der Waals surface area contributed by atoms with E-state index >= 15 is 0 Å². The first-order valence-corrected chi connectivity index (χ1v) is 7.00. The molecule has 0 bridgehead atoms. The minimum Gasteiger partial charge on any atom is -0.355 e. The quantitative estimate of drug-likeness (QED) is 0.776. The summed E-state index contributed by atoms with van der Waals surface area (Å²) in [6.07, 6.45) is 2.15. The lowest BCUT2D eigenvalue weighted by atomic mass is 10.00. The Morgan fingerprint density at radius 3 is 2.80 bits per heavy atom. The van der Waals surface area contributed by atoms with Gasteiger partial charge in [0, 0.05) is 26.2 Å². The van der Waals surface area contributed by atoms with Crippen molar-refractivity contribution in [3.8, 4) is 0 Å². The highest BCUT2D eigenvalue weighted by molar-refractivity contribution is 5.85. The summed E-state index contributed by atoms with van der Waals surface area (Å²) in [6, 6.07) is 8.67. The third kappa shape index (κ3) is 5.12. The molecule has 5 heteroatoms. The highest BCUT2D eigenvalue weighted by Gasteiger charge is 2.14. The van der Waals surface area contributed by atoms with E-state index in [2.05, 4.69) is 39.8 Å².